The lowest BCUT2D eigenvalue weighted by Gasteiger charge is -2.31. The van der Waals surface area contributed by atoms with Gasteiger partial charge in [0.25, 0.3) is 5.91 Å². The normalized spacial score (nSPS) is 19.0. The Morgan fingerprint density at radius 1 is 1.50 bits per heavy atom. The molecule has 1 aliphatic heterocycles. The van der Waals surface area contributed by atoms with Gasteiger partial charge in [0.15, 0.2) is 0 Å². The fraction of sp³-hybridized carbons (Fsp3) is 0.333. The maximum absolute atomic E-state index is 12.3. The topological polar surface area (TPSA) is 54.5 Å². The Bertz CT molecular complexity index is 635. The Morgan fingerprint density at radius 3 is 3.14 bits per heavy atom. The summed E-state index contributed by atoms with van der Waals surface area (Å²) in [5, 5.41) is 2.83. The highest BCUT2D eigenvalue weighted by atomic mass is 35.5. The van der Waals surface area contributed by atoms with Crippen LogP contribution < -0.4 is 5.32 Å². The quantitative estimate of drug-likeness (QED) is 0.932. The van der Waals surface area contributed by atoms with E-state index in [1.165, 1.54) is 4.88 Å². The van der Waals surface area contributed by atoms with Crippen LogP contribution in [0.15, 0.2) is 36.7 Å². The summed E-state index contributed by atoms with van der Waals surface area (Å²) < 4.78 is 6.37. The number of pyridine rings is 1. The lowest BCUT2D eigenvalue weighted by atomic mass is 10.2. The number of rotatable bonds is 4. The highest BCUT2D eigenvalue weighted by Gasteiger charge is 2.27. The number of carbonyl (C=O) groups excluding carboxylic acids is 1. The van der Waals surface area contributed by atoms with Gasteiger partial charge in [0.05, 0.1) is 22.8 Å². The van der Waals surface area contributed by atoms with Crippen molar-refractivity contribution in [2.45, 2.75) is 12.6 Å². The van der Waals surface area contributed by atoms with Gasteiger partial charge in [0.1, 0.15) is 6.10 Å². The molecule has 0 bridgehead atoms. The van der Waals surface area contributed by atoms with Crippen LogP contribution in [-0.4, -0.2) is 41.6 Å². The Hall–Kier alpha value is -1.47. The number of morpholine rings is 1. The van der Waals surface area contributed by atoms with Crippen LogP contribution in [0.5, 0.6) is 0 Å². The minimum atomic E-state index is -0.468. The van der Waals surface area contributed by atoms with Gasteiger partial charge in [-0.15, -0.1) is 11.3 Å². The Morgan fingerprint density at radius 2 is 2.41 bits per heavy atom. The van der Waals surface area contributed by atoms with Crippen molar-refractivity contribution in [3.63, 3.8) is 0 Å². The molecule has 0 aromatic carbocycles. The van der Waals surface area contributed by atoms with Crippen LogP contribution in [0.3, 0.4) is 0 Å². The average Bonchev–Trinajstić information content (AvgIpc) is 2.93. The maximum Gasteiger partial charge on any atom is 0.254 e. The molecule has 2 aromatic heterocycles. The number of aromatic nitrogens is 1. The summed E-state index contributed by atoms with van der Waals surface area (Å²) in [7, 11) is 0. The van der Waals surface area contributed by atoms with Crippen molar-refractivity contribution in [3.8, 4) is 0 Å². The van der Waals surface area contributed by atoms with E-state index in [9.17, 15) is 4.79 Å². The summed E-state index contributed by atoms with van der Waals surface area (Å²) >= 11 is 7.52. The molecule has 1 N–H and O–H groups in total. The van der Waals surface area contributed by atoms with Gasteiger partial charge in [0, 0.05) is 30.7 Å². The molecule has 0 spiro atoms. The van der Waals surface area contributed by atoms with Gasteiger partial charge >= 0.3 is 0 Å². The molecule has 3 rings (SSSR count). The van der Waals surface area contributed by atoms with Crippen LogP contribution in [0, 0.1) is 0 Å². The number of ether oxygens (including phenoxy) is 1. The van der Waals surface area contributed by atoms with E-state index in [-0.39, 0.29) is 5.91 Å². The second kappa shape index (κ2) is 7.19. The summed E-state index contributed by atoms with van der Waals surface area (Å²) in [6, 6.07) is 7.51. The van der Waals surface area contributed by atoms with Crippen LogP contribution in [0.1, 0.15) is 4.88 Å². The average molecular weight is 338 g/mol. The highest BCUT2D eigenvalue weighted by Crippen LogP contribution is 2.23. The van der Waals surface area contributed by atoms with Crippen LogP contribution in [-0.2, 0) is 16.1 Å². The van der Waals surface area contributed by atoms with Crippen molar-refractivity contribution < 1.29 is 9.53 Å². The minimum absolute atomic E-state index is 0.137. The molecule has 116 valence electrons. The summed E-state index contributed by atoms with van der Waals surface area (Å²) in [6.45, 7) is 2.72. The fourth-order valence-corrected chi connectivity index (χ4v) is 3.45. The van der Waals surface area contributed by atoms with Crippen LogP contribution in [0.4, 0.5) is 5.69 Å². The molecule has 0 unspecified atom stereocenters. The third kappa shape index (κ3) is 4.04. The first-order chi connectivity index (χ1) is 10.7. The number of amides is 1. The summed E-state index contributed by atoms with van der Waals surface area (Å²) in [5.41, 5.74) is 0.679. The SMILES string of the molecule is O=C(Nc1cccnc1)[C@H]1CN(Cc2ccc(Cl)s2)CCO1. The standard InChI is InChI=1S/C15H16ClN3O2S/c16-14-4-3-12(22-14)9-19-6-7-21-13(10-19)15(20)18-11-2-1-5-17-8-11/h1-5,8,13H,6-7,9-10H2,(H,18,20)/t13-/m1/s1. The van der Waals surface area contributed by atoms with Gasteiger partial charge in [-0.05, 0) is 24.3 Å². The van der Waals surface area contributed by atoms with Gasteiger partial charge in [-0.1, -0.05) is 11.6 Å². The molecule has 3 heterocycles. The van der Waals surface area contributed by atoms with Crippen molar-refractivity contribution in [1.29, 1.82) is 0 Å². The predicted octanol–water partition coefficient (Wildman–Crippen LogP) is 2.64. The van der Waals surface area contributed by atoms with Crippen molar-refractivity contribution >= 4 is 34.5 Å². The molecule has 0 saturated carbocycles. The van der Waals surface area contributed by atoms with Crippen molar-refractivity contribution in [2.75, 3.05) is 25.0 Å². The Balaban J connectivity index is 1.57. The van der Waals surface area contributed by atoms with Crippen molar-refractivity contribution in [1.82, 2.24) is 9.88 Å². The van der Waals surface area contributed by atoms with Gasteiger partial charge in [-0.25, -0.2) is 0 Å². The number of carbonyl (C=O) groups is 1. The molecule has 5 nitrogen and oxygen atoms in total. The largest absolute Gasteiger partial charge is 0.366 e. The predicted molar refractivity (Wildman–Crippen MR) is 87.2 cm³/mol. The van der Waals surface area contributed by atoms with E-state index >= 15 is 0 Å². The van der Waals surface area contributed by atoms with E-state index < -0.39 is 6.10 Å². The van der Waals surface area contributed by atoms with Gasteiger partial charge in [-0.2, -0.15) is 0 Å². The number of hydrogen-bond acceptors (Lipinski definition) is 5. The first kappa shape index (κ1) is 15.4. The van der Waals surface area contributed by atoms with Crippen LogP contribution >= 0.6 is 22.9 Å². The molecule has 0 aliphatic carbocycles. The zero-order valence-corrected chi connectivity index (χ0v) is 13.4. The maximum atomic E-state index is 12.3. The van der Waals surface area contributed by atoms with Crippen molar-refractivity contribution in [3.05, 3.63) is 45.9 Å². The number of anilines is 1. The van der Waals surface area contributed by atoms with E-state index in [1.807, 2.05) is 12.1 Å². The molecule has 22 heavy (non-hydrogen) atoms. The molecular weight excluding hydrogens is 322 g/mol. The van der Waals surface area contributed by atoms with E-state index in [0.29, 0.717) is 18.8 Å². The molecule has 7 heteroatoms. The number of thiophene rings is 1. The molecule has 0 radical (unpaired) electrons. The zero-order chi connectivity index (χ0) is 15.4. The van der Waals surface area contributed by atoms with E-state index in [4.69, 9.17) is 16.3 Å². The molecule has 1 aliphatic rings. The molecule has 1 atom stereocenters. The van der Waals surface area contributed by atoms with Crippen LogP contribution in [0.25, 0.3) is 0 Å². The molecular formula is C15H16ClN3O2S. The molecule has 1 saturated heterocycles. The van der Waals surface area contributed by atoms with Gasteiger partial charge in [0.2, 0.25) is 0 Å². The number of hydrogen-bond donors (Lipinski definition) is 1. The summed E-state index contributed by atoms with van der Waals surface area (Å²) in [5.74, 6) is -0.137. The number of halogens is 1. The second-order valence-electron chi connectivity index (χ2n) is 5.03. The van der Waals surface area contributed by atoms with Gasteiger partial charge < -0.3 is 10.1 Å². The number of nitrogens with zero attached hydrogens (tertiary/aromatic N) is 2. The molecule has 1 fully saturated rings. The van der Waals surface area contributed by atoms with Gasteiger partial charge in [-0.3, -0.25) is 14.7 Å². The monoisotopic (exact) mass is 337 g/mol. The first-order valence-corrected chi connectivity index (χ1v) is 8.19. The third-order valence-electron chi connectivity index (χ3n) is 3.38. The van der Waals surface area contributed by atoms with Crippen LogP contribution in [0.2, 0.25) is 4.34 Å². The third-order valence-corrected chi connectivity index (χ3v) is 4.60. The fourth-order valence-electron chi connectivity index (χ4n) is 2.32. The van der Waals surface area contributed by atoms with Crippen molar-refractivity contribution in [2.24, 2.45) is 0 Å². The number of nitrogens with one attached hydrogen (secondary N) is 1. The zero-order valence-electron chi connectivity index (χ0n) is 11.9. The second-order valence-corrected chi connectivity index (χ2v) is 6.83. The Labute approximate surface area is 137 Å². The summed E-state index contributed by atoms with van der Waals surface area (Å²) in [4.78, 5) is 19.6. The highest BCUT2D eigenvalue weighted by molar-refractivity contribution is 7.16. The lowest BCUT2D eigenvalue weighted by Crippen LogP contribution is -2.47. The Kier molecular flexibility index (Phi) is 5.04. The summed E-state index contributed by atoms with van der Waals surface area (Å²) in [6.07, 6.45) is 2.82. The molecule has 2 aromatic rings. The van der Waals surface area contributed by atoms with E-state index in [1.54, 1.807) is 35.9 Å². The smallest absolute Gasteiger partial charge is 0.254 e. The first-order valence-electron chi connectivity index (χ1n) is 7.00. The van der Waals surface area contributed by atoms with E-state index in [0.717, 1.165) is 17.4 Å². The lowest BCUT2D eigenvalue weighted by molar-refractivity contribution is -0.133. The minimum Gasteiger partial charge on any atom is -0.366 e. The van der Waals surface area contributed by atoms with E-state index in [2.05, 4.69) is 15.2 Å². The molecule has 1 amide bonds.